The Kier molecular flexibility index (Phi) is 15.3. The topological polar surface area (TPSA) is 223 Å². The summed E-state index contributed by atoms with van der Waals surface area (Å²) in [6.07, 6.45) is -0.931. The SMILES string of the molecule is C=C(CC[C@@]12O[C@H](C(=O)O)[C@@](O)(C(=O)O)[C@@](C(=O)O)(O1)[C@H](OC(=O)CCCCCCCCCCc1ccccc1)[C@H]2O)C(OC(C)=O)C(C)Cc1ccccc1. The molecule has 2 saturated heterocycles. The van der Waals surface area contributed by atoms with Gasteiger partial charge >= 0.3 is 29.8 Å². The summed E-state index contributed by atoms with van der Waals surface area (Å²) in [5, 5.41) is 53.9. The van der Waals surface area contributed by atoms with E-state index in [0.717, 1.165) is 50.5 Å². The van der Waals surface area contributed by atoms with E-state index in [-0.39, 0.29) is 24.3 Å². The molecule has 2 aromatic carbocycles. The second-order valence-corrected chi connectivity index (χ2v) is 14.9. The molecule has 14 nitrogen and oxygen atoms in total. The van der Waals surface area contributed by atoms with Crippen molar-refractivity contribution in [3.05, 3.63) is 83.9 Å². The van der Waals surface area contributed by atoms with E-state index in [1.165, 1.54) is 12.5 Å². The van der Waals surface area contributed by atoms with E-state index in [0.29, 0.717) is 19.3 Å². The Hall–Kier alpha value is -4.63. The lowest BCUT2D eigenvalue weighted by molar-refractivity contribution is -0.374. The van der Waals surface area contributed by atoms with E-state index >= 15 is 0 Å². The Balaban J connectivity index is 1.44. The van der Waals surface area contributed by atoms with Gasteiger partial charge in [-0.25, -0.2) is 14.4 Å². The second kappa shape index (κ2) is 19.5. The number of aryl methyl sites for hydroxylation is 1. The van der Waals surface area contributed by atoms with Crippen LogP contribution in [0.3, 0.4) is 0 Å². The van der Waals surface area contributed by atoms with Crippen molar-refractivity contribution in [2.75, 3.05) is 0 Å². The molecule has 2 bridgehead atoms. The Bertz CT molecular complexity index is 1680. The molecule has 2 unspecified atom stereocenters. The molecule has 0 saturated carbocycles. The van der Waals surface area contributed by atoms with E-state index in [1.54, 1.807) is 0 Å². The van der Waals surface area contributed by atoms with Gasteiger partial charge in [-0.1, -0.05) is 113 Å². The quantitative estimate of drug-likeness (QED) is 0.0568. The van der Waals surface area contributed by atoms with E-state index in [1.807, 2.05) is 55.5 Å². The van der Waals surface area contributed by atoms with E-state index in [2.05, 4.69) is 18.7 Å². The third-order valence-corrected chi connectivity index (χ3v) is 10.7. The number of rotatable bonds is 23. The highest BCUT2D eigenvalue weighted by atomic mass is 16.8. The second-order valence-electron chi connectivity index (χ2n) is 14.9. The van der Waals surface area contributed by atoms with Crippen molar-refractivity contribution in [1.29, 1.82) is 0 Å². The number of hydrogen-bond acceptors (Lipinski definition) is 11. The number of carboxylic acids is 3. The molecule has 2 aromatic rings. The Morgan fingerprint density at radius 1 is 0.804 bits per heavy atom. The normalized spacial score (nSPS) is 26.5. The number of carboxylic acid groups (broad SMARTS) is 3. The van der Waals surface area contributed by atoms with Crippen LogP contribution in [0.15, 0.2) is 72.8 Å². The molecular weight excluding hydrogens is 728 g/mol. The first-order chi connectivity index (χ1) is 26.6. The smallest absolute Gasteiger partial charge is 0.344 e. The highest BCUT2D eigenvalue weighted by Gasteiger charge is 2.85. The third-order valence-electron chi connectivity index (χ3n) is 10.7. The summed E-state index contributed by atoms with van der Waals surface area (Å²) >= 11 is 0. The zero-order chi connectivity index (χ0) is 41.1. The number of aliphatic hydroxyl groups excluding tert-OH is 1. The minimum atomic E-state index is -3.88. The maximum atomic E-state index is 13.2. The van der Waals surface area contributed by atoms with Gasteiger partial charge in [0.25, 0.3) is 0 Å². The highest BCUT2D eigenvalue weighted by Crippen LogP contribution is 2.56. The van der Waals surface area contributed by atoms with Gasteiger partial charge in [-0.15, -0.1) is 0 Å². The van der Waals surface area contributed by atoms with Crippen molar-refractivity contribution in [2.24, 2.45) is 5.92 Å². The first kappa shape index (κ1) is 44.1. The van der Waals surface area contributed by atoms with Crippen LogP contribution >= 0.6 is 0 Å². The first-order valence-corrected chi connectivity index (χ1v) is 19.2. The zero-order valence-electron chi connectivity index (χ0n) is 32.0. The Morgan fingerprint density at radius 2 is 1.36 bits per heavy atom. The summed E-state index contributed by atoms with van der Waals surface area (Å²) in [6.45, 7) is 7.07. The Morgan fingerprint density at radius 3 is 1.89 bits per heavy atom. The molecule has 0 spiro atoms. The first-order valence-electron chi connectivity index (χ1n) is 19.2. The molecule has 5 N–H and O–H groups in total. The summed E-state index contributed by atoms with van der Waals surface area (Å²) in [6, 6.07) is 19.6. The molecular formula is C42H54O14. The van der Waals surface area contributed by atoms with Gasteiger partial charge in [-0.05, 0) is 48.8 Å². The van der Waals surface area contributed by atoms with Crippen molar-refractivity contribution in [3.63, 3.8) is 0 Å². The van der Waals surface area contributed by atoms with Crippen molar-refractivity contribution in [3.8, 4) is 0 Å². The summed E-state index contributed by atoms with van der Waals surface area (Å²) in [7, 11) is 0. The van der Waals surface area contributed by atoms with Gasteiger partial charge < -0.3 is 44.5 Å². The minimum absolute atomic E-state index is 0.227. The predicted octanol–water partition coefficient (Wildman–Crippen LogP) is 5.01. The lowest BCUT2D eigenvalue weighted by atomic mass is 9.74. The van der Waals surface area contributed by atoms with Crippen molar-refractivity contribution in [1.82, 2.24) is 0 Å². The van der Waals surface area contributed by atoms with Crippen molar-refractivity contribution < 1.29 is 68.5 Å². The summed E-state index contributed by atoms with van der Waals surface area (Å²) in [5.74, 6) is -11.2. The average Bonchev–Trinajstić information content (AvgIpc) is 3.37. The van der Waals surface area contributed by atoms with Crippen LogP contribution in [0.5, 0.6) is 0 Å². The van der Waals surface area contributed by atoms with Crippen LogP contribution in [0, 0.1) is 5.92 Å². The zero-order valence-corrected chi connectivity index (χ0v) is 32.0. The molecule has 4 rings (SSSR count). The number of unbranched alkanes of at least 4 members (excludes halogenated alkanes) is 7. The van der Waals surface area contributed by atoms with Gasteiger partial charge in [0.05, 0.1) is 0 Å². The lowest BCUT2D eigenvalue weighted by Crippen LogP contribution is -2.78. The monoisotopic (exact) mass is 782 g/mol. The fourth-order valence-corrected chi connectivity index (χ4v) is 7.80. The number of esters is 2. The Labute approximate surface area is 326 Å². The van der Waals surface area contributed by atoms with Crippen LogP contribution in [-0.2, 0) is 55.8 Å². The number of aliphatic hydroxyl groups is 2. The van der Waals surface area contributed by atoms with Crippen LogP contribution in [0.2, 0.25) is 0 Å². The minimum Gasteiger partial charge on any atom is -0.479 e. The summed E-state index contributed by atoms with van der Waals surface area (Å²) < 4.78 is 22.3. The molecule has 14 heteroatoms. The number of fused-ring (bicyclic) bond motifs is 2. The van der Waals surface area contributed by atoms with Crippen LogP contribution in [0.25, 0.3) is 0 Å². The van der Waals surface area contributed by atoms with Gasteiger partial charge in [0.15, 0.2) is 6.10 Å². The molecule has 2 heterocycles. The van der Waals surface area contributed by atoms with Crippen molar-refractivity contribution in [2.45, 2.75) is 139 Å². The number of ether oxygens (including phenoxy) is 4. The molecule has 2 aliphatic rings. The number of carbonyl (C=O) groups is 5. The van der Waals surface area contributed by atoms with E-state index in [4.69, 9.17) is 18.9 Å². The van der Waals surface area contributed by atoms with E-state index in [9.17, 15) is 49.5 Å². The summed E-state index contributed by atoms with van der Waals surface area (Å²) in [5.41, 5.74) is -4.89. The number of hydrogen-bond donors (Lipinski definition) is 5. The molecule has 0 aromatic heterocycles. The maximum Gasteiger partial charge on any atom is 0.344 e. The molecule has 0 amide bonds. The highest BCUT2D eigenvalue weighted by molar-refractivity contribution is 5.98. The number of aliphatic carboxylic acids is 3. The fraction of sp³-hybridized carbons (Fsp3) is 0.548. The predicted molar refractivity (Wildman–Crippen MR) is 200 cm³/mol. The molecule has 0 aliphatic carbocycles. The number of benzene rings is 2. The van der Waals surface area contributed by atoms with Crippen LogP contribution < -0.4 is 0 Å². The molecule has 2 aliphatic heterocycles. The number of carbonyl (C=O) groups excluding carboxylic acids is 2. The van der Waals surface area contributed by atoms with Gasteiger partial charge in [-0.3, -0.25) is 9.59 Å². The molecule has 306 valence electrons. The van der Waals surface area contributed by atoms with Gasteiger partial charge in [0, 0.05) is 25.7 Å². The third kappa shape index (κ3) is 9.84. The maximum absolute atomic E-state index is 13.2. The standard InChI is InChI=1S/C42H54O14/c1-27(33(53-29(3)43)28(2)26-31-21-15-11-16-22-31)24-25-40-34(45)35(42(56-40,39(50)51)41(52,38(48)49)36(55-40)37(46)47)54-32(44)23-17-9-7-5-4-6-8-12-18-30-19-13-10-14-20-30/h10-11,13-16,19-22,28,33-36,45,52H,1,4-9,12,17-18,23-26H2,2-3H3,(H,46,47)(H,48,49)(H,50,51)/t28?,33?,34-,35-,36-,40-,41-,42-/m1/s1. The van der Waals surface area contributed by atoms with Crippen molar-refractivity contribution >= 4 is 29.8 Å². The lowest BCUT2D eigenvalue weighted by Gasteiger charge is -2.48. The largest absolute Gasteiger partial charge is 0.479 e. The molecule has 56 heavy (non-hydrogen) atoms. The molecule has 8 atom stereocenters. The van der Waals surface area contributed by atoms with Crippen LogP contribution in [-0.4, -0.2) is 96.8 Å². The van der Waals surface area contributed by atoms with Gasteiger partial charge in [0.2, 0.25) is 23.1 Å². The van der Waals surface area contributed by atoms with E-state index < -0.39 is 77.7 Å². The summed E-state index contributed by atoms with van der Waals surface area (Å²) in [4.78, 5) is 63.4. The van der Waals surface area contributed by atoms with Gasteiger partial charge in [0.1, 0.15) is 12.2 Å². The van der Waals surface area contributed by atoms with Crippen LogP contribution in [0.4, 0.5) is 0 Å². The molecule has 2 fully saturated rings. The van der Waals surface area contributed by atoms with Gasteiger partial charge in [-0.2, -0.15) is 0 Å². The molecule has 0 radical (unpaired) electrons. The average molecular weight is 783 g/mol. The van der Waals surface area contributed by atoms with Crippen LogP contribution in [0.1, 0.15) is 95.6 Å². The fourth-order valence-electron chi connectivity index (χ4n) is 7.80.